The molecule has 0 saturated heterocycles. The van der Waals surface area contributed by atoms with Crippen LogP contribution in [-0.2, 0) is 12.8 Å². The van der Waals surface area contributed by atoms with Gasteiger partial charge in [0.2, 0.25) is 0 Å². The van der Waals surface area contributed by atoms with Crippen LogP contribution in [0.25, 0.3) is 0 Å². The van der Waals surface area contributed by atoms with Crippen LogP contribution in [0.2, 0.25) is 0 Å². The molecule has 1 aromatic heterocycles. The van der Waals surface area contributed by atoms with E-state index in [1.165, 1.54) is 16.0 Å². The Morgan fingerprint density at radius 2 is 2.00 bits per heavy atom. The van der Waals surface area contributed by atoms with Crippen LogP contribution in [0, 0.1) is 6.92 Å². The van der Waals surface area contributed by atoms with Crippen LogP contribution in [-0.4, -0.2) is 12.6 Å². The van der Waals surface area contributed by atoms with Gasteiger partial charge in [-0.2, -0.15) is 0 Å². The van der Waals surface area contributed by atoms with E-state index in [9.17, 15) is 4.79 Å². The minimum Gasteiger partial charge on any atom is -0.338 e. The zero-order valence-electron chi connectivity index (χ0n) is 11.9. The summed E-state index contributed by atoms with van der Waals surface area (Å²) >= 11 is 1.79. The van der Waals surface area contributed by atoms with Gasteiger partial charge in [-0.25, -0.2) is 4.79 Å². The van der Waals surface area contributed by atoms with Gasteiger partial charge in [-0.1, -0.05) is 25.1 Å². The number of anilines is 1. The summed E-state index contributed by atoms with van der Waals surface area (Å²) in [4.78, 5) is 13.1. The lowest BCUT2D eigenvalue weighted by Crippen LogP contribution is -2.30. The van der Waals surface area contributed by atoms with E-state index < -0.39 is 0 Å². The number of hydrogen-bond donors (Lipinski definition) is 2. The minimum absolute atomic E-state index is 0.152. The number of carbonyl (C=O) groups is 1. The molecule has 0 bridgehead atoms. The molecule has 0 radical (unpaired) electrons. The molecular weight excluding hydrogens is 268 g/mol. The van der Waals surface area contributed by atoms with Gasteiger partial charge in [0.25, 0.3) is 0 Å². The lowest BCUT2D eigenvalue weighted by atomic mass is 10.1. The summed E-state index contributed by atoms with van der Waals surface area (Å²) in [6, 6.07) is 9.32. The minimum atomic E-state index is -0.152. The first-order valence-electron chi connectivity index (χ1n) is 6.86. The molecule has 2 amide bonds. The largest absolute Gasteiger partial charge is 0.338 e. The van der Waals surface area contributed by atoms with Crippen molar-refractivity contribution < 1.29 is 4.79 Å². The van der Waals surface area contributed by atoms with Crippen LogP contribution in [0.4, 0.5) is 10.5 Å². The molecule has 2 rings (SSSR count). The number of para-hydroxylation sites is 1. The summed E-state index contributed by atoms with van der Waals surface area (Å²) in [5, 5.41) is 7.91. The molecule has 1 aromatic carbocycles. The number of thiophene rings is 1. The Morgan fingerprint density at radius 3 is 2.70 bits per heavy atom. The maximum atomic E-state index is 11.7. The number of benzene rings is 1. The molecule has 3 nitrogen and oxygen atoms in total. The third-order valence-corrected chi connectivity index (χ3v) is 4.26. The van der Waals surface area contributed by atoms with E-state index in [0.717, 1.165) is 18.5 Å². The maximum Gasteiger partial charge on any atom is 0.319 e. The smallest absolute Gasteiger partial charge is 0.319 e. The molecule has 0 atom stereocenters. The molecule has 0 fully saturated rings. The van der Waals surface area contributed by atoms with E-state index in [2.05, 4.69) is 29.9 Å². The molecular formula is C16H20N2OS. The Kier molecular flexibility index (Phi) is 5.18. The van der Waals surface area contributed by atoms with Gasteiger partial charge in [-0.15, -0.1) is 11.3 Å². The summed E-state index contributed by atoms with van der Waals surface area (Å²) in [5.41, 5.74) is 3.60. The van der Waals surface area contributed by atoms with Crippen LogP contribution in [0.5, 0.6) is 0 Å². The molecule has 0 aliphatic heterocycles. The van der Waals surface area contributed by atoms with Crippen molar-refractivity contribution >= 4 is 23.1 Å². The third-order valence-electron chi connectivity index (χ3n) is 3.26. The van der Waals surface area contributed by atoms with Crippen molar-refractivity contribution in [3.8, 4) is 0 Å². The highest BCUT2D eigenvalue weighted by atomic mass is 32.1. The van der Waals surface area contributed by atoms with Crippen LogP contribution in [0.3, 0.4) is 0 Å². The topological polar surface area (TPSA) is 41.1 Å². The first kappa shape index (κ1) is 14.6. The van der Waals surface area contributed by atoms with Crippen molar-refractivity contribution in [2.45, 2.75) is 26.7 Å². The van der Waals surface area contributed by atoms with Gasteiger partial charge in [0.05, 0.1) is 0 Å². The lowest BCUT2D eigenvalue weighted by Gasteiger charge is -2.08. The number of nitrogens with one attached hydrogen (secondary N) is 2. The van der Waals surface area contributed by atoms with Gasteiger partial charge in [-0.3, -0.25) is 0 Å². The standard InChI is InChI=1S/C16H20N2OS/c1-3-15-12(2)20-11-13(15)9-10-17-16(19)18-14-7-5-4-6-8-14/h4-8,11H,3,9-10H2,1-2H3,(H2,17,18,19). The monoisotopic (exact) mass is 288 g/mol. The molecule has 0 spiro atoms. The van der Waals surface area contributed by atoms with E-state index in [1.54, 1.807) is 11.3 Å². The highest BCUT2D eigenvalue weighted by Gasteiger charge is 2.07. The zero-order valence-corrected chi connectivity index (χ0v) is 12.7. The fourth-order valence-electron chi connectivity index (χ4n) is 2.22. The van der Waals surface area contributed by atoms with Gasteiger partial charge in [0.1, 0.15) is 0 Å². The lowest BCUT2D eigenvalue weighted by molar-refractivity contribution is 0.252. The van der Waals surface area contributed by atoms with Crippen molar-refractivity contribution in [1.29, 1.82) is 0 Å². The van der Waals surface area contributed by atoms with Gasteiger partial charge in [0, 0.05) is 17.1 Å². The number of carbonyl (C=O) groups excluding carboxylic acids is 1. The van der Waals surface area contributed by atoms with E-state index in [0.29, 0.717) is 6.54 Å². The first-order chi connectivity index (χ1) is 9.70. The third kappa shape index (κ3) is 3.84. The second-order valence-corrected chi connectivity index (χ2v) is 5.73. The number of rotatable bonds is 5. The molecule has 0 unspecified atom stereocenters. The average Bonchev–Trinajstić information content (AvgIpc) is 2.80. The quantitative estimate of drug-likeness (QED) is 0.858. The van der Waals surface area contributed by atoms with E-state index in [-0.39, 0.29) is 6.03 Å². The number of amides is 2. The van der Waals surface area contributed by atoms with Crippen LogP contribution >= 0.6 is 11.3 Å². The normalized spacial score (nSPS) is 10.3. The van der Waals surface area contributed by atoms with Crippen LogP contribution < -0.4 is 10.6 Å². The Balaban J connectivity index is 1.79. The molecule has 0 saturated carbocycles. The fraction of sp³-hybridized carbons (Fsp3) is 0.312. The van der Waals surface area contributed by atoms with Crippen molar-refractivity contribution in [3.63, 3.8) is 0 Å². The molecule has 0 aliphatic rings. The molecule has 106 valence electrons. The predicted molar refractivity (Wildman–Crippen MR) is 85.6 cm³/mol. The summed E-state index contributed by atoms with van der Waals surface area (Å²) < 4.78 is 0. The van der Waals surface area contributed by atoms with E-state index >= 15 is 0 Å². The van der Waals surface area contributed by atoms with Crippen molar-refractivity contribution in [2.75, 3.05) is 11.9 Å². The number of urea groups is 1. The Morgan fingerprint density at radius 1 is 1.25 bits per heavy atom. The van der Waals surface area contributed by atoms with E-state index in [1.807, 2.05) is 30.3 Å². The van der Waals surface area contributed by atoms with Gasteiger partial charge in [0.15, 0.2) is 0 Å². The molecule has 2 aromatic rings. The molecule has 0 aliphatic carbocycles. The first-order valence-corrected chi connectivity index (χ1v) is 7.74. The van der Waals surface area contributed by atoms with Crippen molar-refractivity contribution in [3.05, 3.63) is 51.7 Å². The second kappa shape index (κ2) is 7.10. The number of aryl methyl sites for hydroxylation is 1. The molecule has 20 heavy (non-hydrogen) atoms. The van der Waals surface area contributed by atoms with Crippen LogP contribution in [0.1, 0.15) is 22.9 Å². The fourth-order valence-corrected chi connectivity index (χ4v) is 3.22. The van der Waals surface area contributed by atoms with Gasteiger partial charge < -0.3 is 10.6 Å². The summed E-state index contributed by atoms with van der Waals surface area (Å²) in [6.45, 7) is 4.98. The summed E-state index contributed by atoms with van der Waals surface area (Å²) in [5.74, 6) is 0. The Bertz CT molecular complexity index is 563. The van der Waals surface area contributed by atoms with E-state index in [4.69, 9.17) is 0 Å². The van der Waals surface area contributed by atoms with Gasteiger partial charge in [-0.05, 0) is 48.4 Å². The molecule has 4 heteroatoms. The SMILES string of the molecule is CCc1c(CCNC(=O)Nc2ccccc2)csc1C. The van der Waals surface area contributed by atoms with Crippen molar-refractivity contribution in [1.82, 2.24) is 5.32 Å². The predicted octanol–water partition coefficient (Wildman–Crippen LogP) is 3.98. The highest BCUT2D eigenvalue weighted by Crippen LogP contribution is 2.22. The Hall–Kier alpha value is -1.81. The zero-order chi connectivity index (χ0) is 14.4. The number of hydrogen-bond acceptors (Lipinski definition) is 2. The second-order valence-electron chi connectivity index (χ2n) is 4.65. The van der Waals surface area contributed by atoms with Crippen LogP contribution in [0.15, 0.2) is 35.7 Å². The van der Waals surface area contributed by atoms with Crippen molar-refractivity contribution in [2.24, 2.45) is 0 Å². The average molecular weight is 288 g/mol. The highest BCUT2D eigenvalue weighted by molar-refractivity contribution is 7.10. The Labute approximate surface area is 124 Å². The maximum absolute atomic E-state index is 11.7. The summed E-state index contributed by atoms with van der Waals surface area (Å²) in [6.07, 6.45) is 1.94. The summed E-state index contributed by atoms with van der Waals surface area (Å²) in [7, 11) is 0. The van der Waals surface area contributed by atoms with Gasteiger partial charge >= 0.3 is 6.03 Å². The molecule has 1 heterocycles. The molecule has 2 N–H and O–H groups in total.